The number of nitrogens with zero attached hydrogens (tertiary/aromatic N) is 2. The molecule has 2 aromatic rings. The first-order chi connectivity index (χ1) is 14.8. The fraction of sp³-hybridized carbons (Fsp3) is 0.381. The minimum Gasteiger partial charge on any atom is -0.463 e. The smallest absolute Gasteiger partial charge is 0.352 e. The van der Waals surface area contributed by atoms with Crippen LogP contribution in [0.25, 0.3) is 0 Å². The Morgan fingerprint density at radius 2 is 2.00 bits per heavy atom. The summed E-state index contributed by atoms with van der Waals surface area (Å²) in [6, 6.07) is 9.77. The Balaban J connectivity index is 1.88. The number of hydrogen-bond acceptors (Lipinski definition) is 8. The Morgan fingerprint density at radius 1 is 1.29 bits per heavy atom. The number of esters is 1. The maximum absolute atomic E-state index is 12.8. The van der Waals surface area contributed by atoms with Gasteiger partial charge in [0.25, 0.3) is 5.91 Å². The predicted octanol–water partition coefficient (Wildman–Crippen LogP) is 0.840. The zero-order valence-corrected chi connectivity index (χ0v) is 17.1. The van der Waals surface area contributed by atoms with Gasteiger partial charge in [0.05, 0.1) is 6.10 Å². The quantitative estimate of drug-likeness (QED) is 0.618. The molecule has 3 atom stereocenters. The number of benzene rings is 1. The van der Waals surface area contributed by atoms with Crippen LogP contribution in [0.5, 0.6) is 0 Å². The summed E-state index contributed by atoms with van der Waals surface area (Å²) in [6.45, 7) is 2.55. The molecule has 1 aliphatic rings. The van der Waals surface area contributed by atoms with Crippen molar-refractivity contribution in [3.63, 3.8) is 0 Å². The number of carbonyl (C=O) groups is 3. The number of aliphatic hydroxyl groups excluding tert-OH is 1. The SMILES string of the molecule is CCC(=O)[C@]1(n2ccc(NC(=O)c3ccccc3)nc2=O)C[C@H](O)[C@@H](COC(C)=O)O1. The fourth-order valence-electron chi connectivity index (χ4n) is 3.41. The highest BCUT2D eigenvalue weighted by molar-refractivity contribution is 6.03. The molecule has 164 valence electrons. The van der Waals surface area contributed by atoms with Crippen molar-refractivity contribution in [3.05, 3.63) is 58.6 Å². The van der Waals surface area contributed by atoms with Gasteiger partial charge in [-0.25, -0.2) is 4.79 Å². The molecule has 3 rings (SSSR count). The molecule has 1 fully saturated rings. The van der Waals surface area contributed by atoms with Gasteiger partial charge in [0, 0.05) is 31.5 Å². The summed E-state index contributed by atoms with van der Waals surface area (Å²) < 4.78 is 11.7. The van der Waals surface area contributed by atoms with Gasteiger partial charge in [-0.2, -0.15) is 4.98 Å². The molecule has 1 aromatic heterocycles. The standard InChI is InChI=1S/C21H23N3O7/c1-3-17(27)21(11-15(26)16(31-21)12-30-13(2)25)24-10-9-18(23-20(24)29)22-19(28)14-7-5-4-6-8-14/h4-10,15-16,26H,3,11-12H2,1-2H3,(H,22,23,28,29)/t15-,16+,21-/m0/s1. The molecule has 0 spiro atoms. The van der Waals surface area contributed by atoms with Crippen LogP contribution >= 0.6 is 0 Å². The zero-order chi connectivity index (χ0) is 22.6. The molecule has 10 nitrogen and oxygen atoms in total. The molecule has 0 bridgehead atoms. The number of hydrogen-bond donors (Lipinski definition) is 2. The van der Waals surface area contributed by atoms with E-state index in [4.69, 9.17) is 9.47 Å². The van der Waals surface area contributed by atoms with Crippen LogP contribution in [0.15, 0.2) is 47.4 Å². The summed E-state index contributed by atoms with van der Waals surface area (Å²) in [4.78, 5) is 52.7. The second-order valence-corrected chi connectivity index (χ2v) is 7.08. The van der Waals surface area contributed by atoms with Crippen molar-refractivity contribution in [2.45, 2.75) is 44.6 Å². The highest BCUT2D eigenvalue weighted by atomic mass is 16.6. The summed E-state index contributed by atoms with van der Waals surface area (Å²) in [5.41, 5.74) is -2.24. The van der Waals surface area contributed by atoms with Crippen LogP contribution in [0.3, 0.4) is 0 Å². The van der Waals surface area contributed by atoms with Gasteiger partial charge in [0.15, 0.2) is 5.78 Å². The van der Waals surface area contributed by atoms with E-state index < -0.39 is 41.3 Å². The van der Waals surface area contributed by atoms with Gasteiger partial charge < -0.3 is 19.9 Å². The zero-order valence-electron chi connectivity index (χ0n) is 17.1. The number of aromatic nitrogens is 2. The molecule has 0 aliphatic carbocycles. The van der Waals surface area contributed by atoms with Crippen molar-refractivity contribution in [1.82, 2.24) is 9.55 Å². The topological polar surface area (TPSA) is 137 Å². The third-order valence-electron chi connectivity index (χ3n) is 4.94. The normalized spacial score (nSPS) is 22.7. The van der Waals surface area contributed by atoms with Crippen molar-refractivity contribution in [1.29, 1.82) is 0 Å². The molecule has 1 aliphatic heterocycles. The largest absolute Gasteiger partial charge is 0.463 e. The number of Topliss-reactive ketones (excluding diaryl/α,β-unsaturated/α-hetero) is 1. The number of amides is 1. The monoisotopic (exact) mass is 429 g/mol. The van der Waals surface area contributed by atoms with E-state index in [2.05, 4.69) is 10.3 Å². The first-order valence-corrected chi connectivity index (χ1v) is 9.76. The lowest BCUT2D eigenvalue weighted by Gasteiger charge is -2.29. The molecule has 1 amide bonds. The highest BCUT2D eigenvalue weighted by Gasteiger charge is 2.52. The lowest BCUT2D eigenvalue weighted by molar-refractivity contribution is -0.167. The van der Waals surface area contributed by atoms with Crippen LogP contribution < -0.4 is 11.0 Å². The lowest BCUT2D eigenvalue weighted by atomic mass is 10.00. The van der Waals surface area contributed by atoms with Gasteiger partial charge in [0.1, 0.15) is 18.5 Å². The summed E-state index contributed by atoms with van der Waals surface area (Å²) in [5, 5.41) is 12.9. The van der Waals surface area contributed by atoms with E-state index >= 15 is 0 Å². The van der Waals surface area contributed by atoms with Crippen LogP contribution in [0.4, 0.5) is 5.82 Å². The molecule has 0 unspecified atom stereocenters. The minimum absolute atomic E-state index is 0.00390. The van der Waals surface area contributed by atoms with E-state index in [-0.39, 0.29) is 25.3 Å². The lowest BCUT2D eigenvalue weighted by Crippen LogP contribution is -2.48. The van der Waals surface area contributed by atoms with Crippen molar-refractivity contribution >= 4 is 23.5 Å². The number of ketones is 1. The van der Waals surface area contributed by atoms with Gasteiger partial charge in [-0.1, -0.05) is 25.1 Å². The van der Waals surface area contributed by atoms with Gasteiger partial charge in [-0.05, 0) is 18.2 Å². The minimum atomic E-state index is -1.79. The second-order valence-electron chi connectivity index (χ2n) is 7.08. The predicted molar refractivity (Wildman–Crippen MR) is 108 cm³/mol. The Labute approximate surface area is 177 Å². The summed E-state index contributed by atoms with van der Waals surface area (Å²) in [7, 11) is 0. The van der Waals surface area contributed by atoms with E-state index in [1.807, 2.05) is 0 Å². The second kappa shape index (κ2) is 9.19. The Bertz CT molecular complexity index is 1040. The molecule has 1 saturated heterocycles. The number of nitrogens with one attached hydrogen (secondary N) is 1. The van der Waals surface area contributed by atoms with Crippen LogP contribution in [0.2, 0.25) is 0 Å². The van der Waals surface area contributed by atoms with E-state index in [0.29, 0.717) is 5.56 Å². The van der Waals surface area contributed by atoms with Crippen molar-refractivity contribution in [2.24, 2.45) is 0 Å². The Hall–Kier alpha value is -3.37. The van der Waals surface area contributed by atoms with E-state index in [1.54, 1.807) is 37.3 Å². The van der Waals surface area contributed by atoms with Crippen LogP contribution in [-0.2, 0) is 24.8 Å². The van der Waals surface area contributed by atoms with Gasteiger partial charge in [0.2, 0.25) is 5.72 Å². The number of aliphatic hydroxyl groups is 1. The summed E-state index contributed by atoms with van der Waals surface area (Å²) >= 11 is 0. The summed E-state index contributed by atoms with van der Waals surface area (Å²) in [6.07, 6.45) is -1.01. The first-order valence-electron chi connectivity index (χ1n) is 9.76. The molecule has 0 radical (unpaired) electrons. The molecule has 31 heavy (non-hydrogen) atoms. The number of carbonyl (C=O) groups excluding carboxylic acids is 3. The van der Waals surface area contributed by atoms with Crippen LogP contribution in [0, 0.1) is 0 Å². The highest BCUT2D eigenvalue weighted by Crippen LogP contribution is 2.36. The van der Waals surface area contributed by atoms with Gasteiger partial charge in [-0.3, -0.25) is 19.0 Å². The van der Waals surface area contributed by atoms with Crippen molar-refractivity contribution in [3.8, 4) is 0 Å². The maximum atomic E-state index is 12.8. The average molecular weight is 429 g/mol. The molecule has 2 N–H and O–H groups in total. The first kappa shape index (κ1) is 22.3. The fourth-order valence-corrected chi connectivity index (χ4v) is 3.41. The Morgan fingerprint density at radius 3 is 2.61 bits per heavy atom. The molecule has 2 heterocycles. The average Bonchev–Trinajstić information content (AvgIpc) is 3.09. The van der Waals surface area contributed by atoms with Crippen LogP contribution in [0.1, 0.15) is 37.0 Å². The number of rotatable bonds is 7. The molecule has 10 heteroatoms. The van der Waals surface area contributed by atoms with E-state index in [1.165, 1.54) is 19.2 Å². The van der Waals surface area contributed by atoms with Crippen molar-refractivity contribution < 1.29 is 29.0 Å². The molecular formula is C21H23N3O7. The molecule has 0 saturated carbocycles. The van der Waals surface area contributed by atoms with Gasteiger partial charge in [-0.15, -0.1) is 0 Å². The van der Waals surface area contributed by atoms with Gasteiger partial charge >= 0.3 is 11.7 Å². The van der Waals surface area contributed by atoms with Crippen LogP contribution in [-0.4, -0.2) is 51.1 Å². The number of anilines is 1. The van der Waals surface area contributed by atoms with Crippen molar-refractivity contribution in [2.75, 3.05) is 11.9 Å². The third kappa shape index (κ3) is 4.70. The van der Waals surface area contributed by atoms with E-state index in [0.717, 1.165) is 4.57 Å². The molecule has 1 aromatic carbocycles. The maximum Gasteiger partial charge on any atom is 0.352 e. The Kier molecular flexibility index (Phi) is 6.62. The third-order valence-corrected chi connectivity index (χ3v) is 4.94. The number of ether oxygens (including phenoxy) is 2. The molecular weight excluding hydrogens is 406 g/mol. The van der Waals surface area contributed by atoms with E-state index in [9.17, 15) is 24.3 Å². The summed E-state index contributed by atoms with van der Waals surface area (Å²) in [5.74, 6) is -1.45.